The fourth-order valence-corrected chi connectivity index (χ4v) is 13.1. The highest BCUT2D eigenvalue weighted by molar-refractivity contribution is 6.12. The van der Waals surface area contributed by atoms with E-state index >= 15 is 0 Å². The van der Waals surface area contributed by atoms with E-state index in [9.17, 15) is 19.2 Å². The molecule has 4 aromatic carbocycles. The summed E-state index contributed by atoms with van der Waals surface area (Å²) in [6, 6.07) is 34.3. The standard InChI is InChI=1S/C30H40N4O2.C30H38N4O2/c1-34-28(36)30(33-29(34)31,17-16-21-8-3-2-4-9-21)20-22-10-7-13-26(18-22)32-27(35)25-15-14-23-11-5-6-12-24(23)19-25;31-27-21-30(24-11-5-3-6-12-24,25-13-7-4-8-14-25)28(35)34(27)22-23-17-19-33(20-18-23)29(36)32-26-15-9-1-2-10-16-26/h5-6,11-12,14-15,19,21-22,26H,2-4,7-10,13,16-18,20H2,1H3,(H2,31,33)(H,32,35);3-8,11-14,23,26,31H,1-2,9-10,15-22H2,(H,32,36)/t22-,26+,30+;/m0./s1. The van der Waals surface area contributed by atoms with Crippen LogP contribution in [0.25, 0.3) is 10.8 Å². The number of piperidine rings is 1. The minimum absolute atomic E-state index is 0.00145. The van der Waals surface area contributed by atoms with E-state index in [2.05, 4.69) is 16.7 Å². The summed E-state index contributed by atoms with van der Waals surface area (Å²) in [6.45, 7) is 1.97. The smallest absolute Gasteiger partial charge is 0.317 e. The van der Waals surface area contributed by atoms with Crippen molar-refractivity contribution >= 4 is 46.3 Å². The minimum Gasteiger partial charge on any atom is -0.369 e. The summed E-state index contributed by atoms with van der Waals surface area (Å²) in [5.74, 6) is 2.11. The number of carbonyl (C=O) groups is 4. The average molecular weight is 975 g/mol. The number of amidine groups is 1. The fourth-order valence-electron chi connectivity index (χ4n) is 13.1. The lowest BCUT2D eigenvalue weighted by Crippen LogP contribution is -2.49. The number of hydrogen-bond acceptors (Lipinski definition) is 7. The van der Waals surface area contributed by atoms with Crippen molar-refractivity contribution in [1.82, 2.24) is 25.3 Å². The maximum atomic E-state index is 14.0. The van der Waals surface area contributed by atoms with Crippen LogP contribution < -0.4 is 16.4 Å². The summed E-state index contributed by atoms with van der Waals surface area (Å²) < 4.78 is 0. The number of aliphatic imine (C=N–C) groups is 1. The second kappa shape index (κ2) is 23.2. The van der Waals surface area contributed by atoms with Gasteiger partial charge >= 0.3 is 6.03 Å². The SMILES string of the molecule is CN1C(=O)[C@@](CCC2CCCCC2)(C[C@H]2CCC[C@@H](NC(=O)c3ccc4ccccc4c3)C2)N=C1N.N=C1CC(c2ccccc2)(c2ccccc2)C(=O)N1CC1CCN(C(=O)NC2CCCCCC2)CC1. The molecular weight excluding hydrogens is 897 g/mol. The lowest BCUT2D eigenvalue weighted by atomic mass is 9.73. The maximum absolute atomic E-state index is 14.0. The summed E-state index contributed by atoms with van der Waals surface area (Å²) in [6.07, 6.45) is 22.3. The second-order valence-electron chi connectivity index (χ2n) is 22.1. The Kier molecular flexibility index (Phi) is 16.4. The van der Waals surface area contributed by atoms with Crippen molar-refractivity contribution in [2.75, 3.05) is 26.7 Å². The quantitative estimate of drug-likeness (QED) is 0.104. The van der Waals surface area contributed by atoms with Crippen molar-refractivity contribution in [3.8, 4) is 0 Å². The molecule has 0 bridgehead atoms. The van der Waals surface area contributed by atoms with Gasteiger partial charge in [-0.15, -0.1) is 0 Å². The first-order chi connectivity index (χ1) is 35.0. The number of amides is 5. The molecule has 12 nitrogen and oxygen atoms in total. The normalized spacial score (nSPS) is 24.4. The third kappa shape index (κ3) is 11.6. The Hall–Kier alpha value is -6.04. The van der Waals surface area contributed by atoms with Gasteiger partial charge in [0.1, 0.15) is 16.8 Å². The first kappa shape index (κ1) is 50.9. The summed E-state index contributed by atoms with van der Waals surface area (Å²) in [5.41, 5.74) is 7.16. The molecule has 5 fully saturated rings. The summed E-state index contributed by atoms with van der Waals surface area (Å²) >= 11 is 0. The summed E-state index contributed by atoms with van der Waals surface area (Å²) in [4.78, 5) is 63.4. The lowest BCUT2D eigenvalue weighted by molar-refractivity contribution is -0.131. The zero-order valence-electron chi connectivity index (χ0n) is 42.7. The first-order valence-corrected chi connectivity index (χ1v) is 27.5. The predicted molar refractivity (Wildman–Crippen MR) is 287 cm³/mol. The van der Waals surface area contributed by atoms with Crippen LogP contribution in [-0.2, 0) is 15.0 Å². The molecule has 10 rings (SSSR count). The molecule has 3 heterocycles. The number of guanidine groups is 1. The van der Waals surface area contributed by atoms with Crippen LogP contribution in [0.5, 0.6) is 0 Å². The van der Waals surface area contributed by atoms with E-state index in [-0.39, 0.29) is 29.8 Å². The maximum Gasteiger partial charge on any atom is 0.317 e. The molecule has 0 aromatic heterocycles. The monoisotopic (exact) mass is 975 g/mol. The lowest BCUT2D eigenvalue weighted by Gasteiger charge is -2.35. The van der Waals surface area contributed by atoms with Crippen LogP contribution in [0, 0.1) is 23.2 Å². The Balaban J connectivity index is 0.000000178. The molecule has 0 radical (unpaired) electrons. The Morgan fingerprint density at radius 3 is 1.92 bits per heavy atom. The van der Waals surface area contributed by atoms with Crippen LogP contribution >= 0.6 is 0 Å². The van der Waals surface area contributed by atoms with Gasteiger partial charge in [-0.3, -0.25) is 29.6 Å². The number of nitrogens with one attached hydrogen (secondary N) is 3. The average Bonchev–Trinajstić information content (AvgIpc) is 3.61. The molecule has 12 heteroatoms. The number of fused-ring (bicyclic) bond motifs is 1. The fraction of sp³-hybridized carbons (Fsp3) is 0.533. The topological polar surface area (TPSA) is 164 Å². The molecule has 3 aliphatic carbocycles. The molecule has 3 aliphatic heterocycles. The largest absolute Gasteiger partial charge is 0.369 e. The van der Waals surface area contributed by atoms with Gasteiger partial charge in [0.05, 0.1) is 0 Å². The number of likely N-dealkylation sites (N-methyl/N-ethyl adjacent to an activating group) is 1. The zero-order valence-corrected chi connectivity index (χ0v) is 42.7. The van der Waals surface area contributed by atoms with Crippen LogP contribution in [0.1, 0.15) is 156 Å². The molecule has 5 amide bonds. The number of hydrogen-bond donors (Lipinski definition) is 4. The molecule has 4 aromatic rings. The number of urea groups is 1. The number of nitrogens with zero attached hydrogens (tertiary/aromatic N) is 4. The van der Waals surface area contributed by atoms with Crippen molar-refractivity contribution in [2.45, 2.75) is 158 Å². The van der Waals surface area contributed by atoms with Crippen molar-refractivity contribution in [1.29, 1.82) is 5.41 Å². The van der Waals surface area contributed by atoms with Gasteiger partial charge in [-0.2, -0.15) is 0 Å². The number of likely N-dealkylation sites (tertiary alicyclic amines) is 2. The Bertz CT molecular complexity index is 2510. The summed E-state index contributed by atoms with van der Waals surface area (Å²) in [7, 11) is 1.75. The molecule has 3 atom stereocenters. The van der Waals surface area contributed by atoms with Gasteiger partial charge in [0.25, 0.3) is 11.8 Å². The van der Waals surface area contributed by atoms with E-state index in [4.69, 9.17) is 16.1 Å². The summed E-state index contributed by atoms with van der Waals surface area (Å²) in [5, 5.41) is 17.6. The molecular formula is C60H78N8O4. The molecule has 5 N–H and O–H groups in total. The van der Waals surface area contributed by atoms with E-state index in [1.165, 1.54) is 57.8 Å². The molecule has 0 unspecified atom stereocenters. The highest BCUT2D eigenvalue weighted by Gasteiger charge is 2.53. The third-order valence-corrected chi connectivity index (χ3v) is 17.2. The van der Waals surface area contributed by atoms with E-state index in [1.54, 1.807) is 16.8 Å². The van der Waals surface area contributed by atoms with Gasteiger partial charge in [0, 0.05) is 50.7 Å². The zero-order chi connectivity index (χ0) is 50.1. The van der Waals surface area contributed by atoms with Crippen molar-refractivity contribution in [2.24, 2.45) is 28.5 Å². The van der Waals surface area contributed by atoms with Crippen LogP contribution in [0.3, 0.4) is 0 Å². The highest BCUT2D eigenvalue weighted by atomic mass is 16.2. The predicted octanol–water partition coefficient (Wildman–Crippen LogP) is 10.7. The van der Waals surface area contributed by atoms with Gasteiger partial charge in [0.15, 0.2) is 5.96 Å². The van der Waals surface area contributed by atoms with Crippen molar-refractivity contribution in [3.05, 3.63) is 120 Å². The van der Waals surface area contributed by atoms with Crippen molar-refractivity contribution in [3.63, 3.8) is 0 Å². The van der Waals surface area contributed by atoms with Crippen molar-refractivity contribution < 1.29 is 19.2 Å². The van der Waals surface area contributed by atoms with Crippen LogP contribution in [0.2, 0.25) is 0 Å². The molecule has 2 saturated heterocycles. The third-order valence-electron chi connectivity index (χ3n) is 17.2. The van der Waals surface area contributed by atoms with Gasteiger partial charge in [-0.1, -0.05) is 162 Å². The van der Waals surface area contributed by atoms with E-state index < -0.39 is 11.0 Å². The minimum atomic E-state index is -0.848. The van der Waals surface area contributed by atoms with E-state index in [0.29, 0.717) is 67.2 Å². The Labute approximate surface area is 427 Å². The number of benzene rings is 4. The molecule has 72 heavy (non-hydrogen) atoms. The molecule has 382 valence electrons. The number of rotatable bonds is 12. The Morgan fingerprint density at radius 1 is 0.667 bits per heavy atom. The van der Waals surface area contributed by atoms with Crippen LogP contribution in [0.15, 0.2) is 108 Å². The van der Waals surface area contributed by atoms with E-state index in [0.717, 1.165) is 92.5 Å². The first-order valence-electron chi connectivity index (χ1n) is 27.5. The van der Waals surface area contributed by atoms with Crippen LogP contribution in [0.4, 0.5) is 4.79 Å². The van der Waals surface area contributed by atoms with Gasteiger partial charge in [0.2, 0.25) is 5.91 Å². The number of nitrogens with two attached hydrogens (primary N) is 1. The van der Waals surface area contributed by atoms with Gasteiger partial charge in [-0.05, 0) is 110 Å². The van der Waals surface area contributed by atoms with Gasteiger partial charge in [-0.25, -0.2) is 9.79 Å². The van der Waals surface area contributed by atoms with Gasteiger partial charge < -0.3 is 21.3 Å². The Morgan fingerprint density at radius 2 is 1.26 bits per heavy atom. The van der Waals surface area contributed by atoms with Crippen LogP contribution in [-0.4, -0.2) is 94.6 Å². The highest BCUT2D eigenvalue weighted by Crippen LogP contribution is 2.44. The molecule has 0 spiro atoms. The van der Waals surface area contributed by atoms with E-state index in [1.807, 2.05) is 102 Å². The number of carbonyl (C=O) groups excluding carboxylic acids is 4. The molecule has 3 saturated carbocycles. The molecule has 6 aliphatic rings. The second-order valence-corrected chi connectivity index (χ2v) is 22.1.